The van der Waals surface area contributed by atoms with Crippen molar-refractivity contribution in [3.8, 4) is 0 Å². The van der Waals surface area contributed by atoms with Gasteiger partial charge in [0.1, 0.15) is 18.3 Å². The van der Waals surface area contributed by atoms with E-state index in [1.807, 2.05) is 0 Å². The van der Waals surface area contributed by atoms with Crippen molar-refractivity contribution in [1.82, 2.24) is 0 Å². The number of hydrogen-bond donors (Lipinski definition) is 4. The molecule has 90 valence electrons. The van der Waals surface area contributed by atoms with Crippen molar-refractivity contribution in [3.63, 3.8) is 0 Å². The lowest BCUT2D eigenvalue weighted by Crippen LogP contribution is -2.40. The van der Waals surface area contributed by atoms with Gasteiger partial charge in [0.05, 0.1) is 6.61 Å². The molecule has 0 aromatic heterocycles. The zero-order chi connectivity index (χ0) is 11.7. The Kier molecular flexibility index (Phi) is 8.44. The lowest BCUT2D eigenvalue weighted by molar-refractivity contribution is -0.127. The van der Waals surface area contributed by atoms with Gasteiger partial charge in [-0.05, 0) is 12.8 Å². The SMILES string of the molecule is C1CCOC1.O=CC(O)C(O)C(O)CO. The summed E-state index contributed by atoms with van der Waals surface area (Å²) in [5.74, 6) is 0. The highest BCUT2D eigenvalue weighted by Crippen LogP contribution is 1.98. The van der Waals surface area contributed by atoms with Crippen molar-refractivity contribution in [2.75, 3.05) is 19.8 Å². The van der Waals surface area contributed by atoms with E-state index in [0.717, 1.165) is 13.2 Å². The second-order valence-corrected chi connectivity index (χ2v) is 3.19. The van der Waals surface area contributed by atoms with Crippen LogP contribution in [0.4, 0.5) is 0 Å². The second-order valence-electron chi connectivity index (χ2n) is 3.19. The minimum Gasteiger partial charge on any atom is -0.394 e. The monoisotopic (exact) mass is 222 g/mol. The normalized spacial score (nSPS) is 21.1. The first kappa shape index (κ1) is 14.5. The molecule has 1 saturated heterocycles. The molecule has 0 bridgehead atoms. The van der Waals surface area contributed by atoms with Crippen LogP contribution in [0.2, 0.25) is 0 Å². The Hall–Kier alpha value is -0.530. The van der Waals surface area contributed by atoms with Crippen LogP contribution >= 0.6 is 0 Å². The number of aliphatic hydroxyl groups excluding tert-OH is 4. The summed E-state index contributed by atoms with van der Waals surface area (Å²) in [5, 5.41) is 34.1. The van der Waals surface area contributed by atoms with Crippen LogP contribution in [0.25, 0.3) is 0 Å². The van der Waals surface area contributed by atoms with Crippen molar-refractivity contribution in [3.05, 3.63) is 0 Å². The summed E-state index contributed by atoms with van der Waals surface area (Å²) >= 11 is 0. The van der Waals surface area contributed by atoms with Crippen LogP contribution in [0.5, 0.6) is 0 Å². The smallest absolute Gasteiger partial charge is 0.151 e. The van der Waals surface area contributed by atoms with E-state index in [2.05, 4.69) is 0 Å². The molecule has 3 atom stereocenters. The topological polar surface area (TPSA) is 107 Å². The lowest BCUT2D eigenvalue weighted by Gasteiger charge is -2.16. The maximum Gasteiger partial charge on any atom is 0.151 e. The zero-order valence-corrected chi connectivity index (χ0v) is 8.45. The van der Waals surface area contributed by atoms with Crippen LogP contribution in [-0.4, -0.2) is 64.8 Å². The highest BCUT2D eigenvalue weighted by atomic mass is 16.5. The van der Waals surface area contributed by atoms with Gasteiger partial charge in [0.2, 0.25) is 0 Å². The maximum atomic E-state index is 9.76. The van der Waals surface area contributed by atoms with E-state index in [-0.39, 0.29) is 6.29 Å². The van der Waals surface area contributed by atoms with Crippen LogP contribution < -0.4 is 0 Å². The molecule has 6 nitrogen and oxygen atoms in total. The van der Waals surface area contributed by atoms with Gasteiger partial charge in [0.25, 0.3) is 0 Å². The fraction of sp³-hybridized carbons (Fsp3) is 0.889. The fourth-order valence-corrected chi connectivity index (χ4v) is 0.926. The molecule has 0 spiro atoms. The van der Waals surface area contributed by atoms with Crippen molar-refractivity contribution < 1.29 is 30.0 Å². The molecule has 15 heavy (non-hydrogen) atoms. The Labute approximate surface area is 88.1 Å². The average Bonchev–Trinajstić information content (AvgIpc) is 2.84. The first-order valence-electron chi connectivity index (χ1n) is 4.81. The maximum absolute atomic E-state index is 9.76. The Morgan fingerprint density at radius 1 is 1.20 bits per heavy atom. The predicted octanol–water partition coefficient (Wildman–Crippen LogP) is -1.94. The summed E-state index contributed by atoms with van der Waals surface area (Å²) in [6, 6.07) is 0. The van der Waals surface area contributed by atoms with Gasteiger partial charge in [-0.3, -0.25) is 0 Å². The molecular formula is C9H18O6. The van der Waals surface area contributed by atoms with Gasteiger partial charge in [-0.15, -0.1) is 0 Å². The fourth-order valence-electron chi connectivity index (χ4n) is 0.926. The largest absolute Gasteiger partial charge is 0.394 e. The summed E-state index contributed by atoms with van der Waals surface area (Å²) in [6.07, 6.45) is -2.08. The Balaban J connectivity index is 0.000000322. The van der Waals surface area contributed by atoms with Crippen molar-refractivity contribution in [2.45, 2.75) is 31.2 Å². The first-order chi connectivity index (χ1) is 7.13. The summed E-state index contributed by atoms with van der Waals surface area (Å²) in [4.78, 5) is 9.76. The first-order valence-corrected chi connectivity index (χ1v) is 4.81. The molecule has 1 rings (SSSR count). The Bertz CT molecular complexity index is 151. The van der Waals surface area contributed by atoms with Gasteiger partial charge in [-0.25, -0.2) is 0 Å². The molecule has 0 aromatic carbocycles. The number of hydrogen-bond acceptors (Lipinski definition) is 6. The van der Waals surface area contributed by atoms with Crippen LogP contribution in [0.15, 0.2) is 0 Å². The van der Waals surface area contributed by atoms with E-state index in [4.69, 9.17) is 25.2 Å². The summed E-state index contributed by atoms with van der Waals surface area (Å²) in [5.41, 5.74) is 0. The Morgan fingerprint density at radius 3 is 2.00 bits per heavy atom. The molecule has 6 heteroatoms. The van der Waals surface area contributed by atoms with E-state index in [1.165, 1.54) is 12.8 Å². The molecule has 0 radical (unpaired) electrons. The van der Waals surface area contributed by atoms with Crippen molar-refractivity contribution in [2.24, 2.45) is 0 Å². The predicted molar refractivity (Wildman–Crippen MR) is 51.2 cm³/mol. The molecule has 1 fully saturated rings. The molecule has 3 unspecified atom stereocenters. The van der Waals surface area contributed by atoms with Crippen LogP contribution in [-0.2, 0) is 9.53 Å². The third kappa shape index (κ3) is 6.53. The van der Waals surface area contributed by atoms with E-state index in [1.54, 1.807) is 0 Å². The summed E-state index contributed by atoms with van der Waals surface area (Å²) in [6.45, 7) is 1.31. The van der Waals surface area contributed by atoms with Crippen LogP contribution in [0.1, 0.15) is 12.8 Å². The second kappa shape index (κ2) is 8.75. The minimum atomic E-state index is -1.64. The average molecular weight is 222 g/mol. The highest BCUT2D eigenvalue weighted by Gasteiger charge is 2.22. The van der Waals surface area contributed by atoms with Crippen LogP contribution in [0, 0.1) is 0 Å². The number of ether oxygens (including phenoxy) is 1. The van der Waals surface area contributed by atoms with Gasteiger partial charge in [0.15, 0.2) is 6.29 Å². The van der Waals surface area contributed by atoms with E-state index >= 15 is 0 Å². The molecule has 0 aliphatic carbocycles. The molecule has 1 aliphatic rings. The molecule has 1 heterocycles. The van der Waals surface area contributed by atoms with Crippen LogP contribution in [0.3, 0.4) is 0 Å². The van der Waals surface area contributed by atoms with Gasteiger partial charge < -0.3 is 30.0 Å². The van der Waals surface area contributed by atoms with E-state index < -0.39 is 24.9 Å². The summed E-state index contributed by atoms with van der Waals surface area (Å²) in [7, 11) is 0. The molecule has 1 aliphatic heterocycles. The number of aldehydes is 1. The zero-order valence-electron chi connectivity index (χ0n) is 8.45. The molecule has 0 amide bonds. The number of rotatable bonds is 4. The Morgan fingerprint density at radius 2 is 1.73 bits per heavy atom. The number of carbonyl (C=O) groups excluding carboxylic acids is 1. The van der Waals surface area contributed by atoms with Crippen molar-refractivity contribution >= 4 is 6.29 Å². The highest BCUT2D eigenvalue weighted by molar-refractivity contribution is 5.56. The van der Waals surface area contributed by atoms with Gasteiger partial charge in [0, 0.05) is 13.2 Å². The molecule has 4 N–H and O–H groups in total. The van der Waals surface area contributed by atoms with Gasteiger partial charge in [-0.2, -0.15) is 0 Å². The third-order valence-electron chi connectivity index (χ3n) is 1.90. The summed E-state index contributed by atoms with van der Waals surface area (Å²) < 4.78 is 4.94. The quantitative estimate of drug-likeness (QED) is 0.412. The lowest BCUT2D eigenvalue weighted by atomic mass is 10.1. The van der Waals surface area contributed by atoms with Gasteiger partial charge >= 0.3 is 0 Å². The van der Waals surface area contributed by atoms with E-state index in [9.17, 15) is 4.79 Å². The van der Waals surface area contributed by atoms with E-state index in [0.29, 0.717) is 0 Å². The number of carbonyl (C=O) groups is 1. The third-order valence-corrected chi connectivity index (χ3v) is 1.90. The minimum absolute atomic E-state index is 0.0869. The molecule has 0 aromatic rings. The van der Waals surface area contributed by atoms with Gasteiger partial charge in [-0.1, -0.05) is 0 Å². The van der Waals surface area contributed by atoms with Crippen molar-refractivity contribution in [1.29, 1.82) is 0 Å². The molecule has 0 saturated carbocycles. The number of aliphatic hydroxyl groups is 4. The standard InChI is InChI=1S/C5H10O5.C4H8O/c6-1-3(8)5(10)4(9)2-7;1-2-4-5-3-1/h1,3-5,7-10H,2H2;1-4H2. The molecular weight excluding hydrogens is 204 g/mol.